The number of hydrogen-bond donors (Lipinski definition) is 2. The minimum atomic E-state index is -0.484. The number of ether oxygens (including phenoxy) is 1. The summed E-state index contributed by atoms with van der Waals surface area (Å²) < 4.78 is 18.9. The SMILES string of the molecule is CC(CNC(=O)OC(C)(C)C)NC1CC(c2ccccc2F)C1. The van der Waals surface area contributed by atoms with E-state index in [1.165, 1.54) is 6.07 Å². The third kappa shape index (κ3) is 5.50. The number of nitrogens with one attached hydrogen (secondary N) is 2. The molecule has 0 aromatic heterocycles. The fourth-order valence-corrected chi connectivity index (χ4v) is 2.83. The van der Waals surface area contributed by atoms with E-state index < -0.39 is 11.7 Å². The van der Waals surface area contributed by atoms with Gasteiger partial charge in [-0.3, -0.25) is 0 Å². The smallest absolute Gasteiger partial charge is 0.407 e. The Bertz CT molecular complexity index is 536. The van der Waals surface area contributed by atoms with Gasteiger partial charge in [0.1, 0.15) is 11.4 Å². The summed E-state index contributed by atoms with van der Waals surface area (Å²) in [6, 6.07) is 7.50. The highest BCUT2D eigenvalue weighted by Gasteiger charge is 2.32. The number of benzene rings is 1. The van der Waals surface area contributed by atoms with E-state index in [-0.39, 0.29) is 11.9 Å². The van der Waals surface area contributed by atoms with Crippen LogP contribution in [0.5, 0.6) is 0 Å². The van der Waals surface area contributed by atoms with Gasteiger partial charge >= 0.3 is 6.09 Å². The van der Waals surface area contributed by atoms with Gasteiger partial charge in [-0.15, -0.1) is 0 Å². The zero-order valence-corrected chi connectivity index (χ0v) is 14.4. The van der Waals surface area contributed by atoms with E-state index in [1.807, 2.05) is 39.8 Å². The topological polar surface area (TPSA) is 50.4 Å². The third-order valence-electron chi connectivity index (χ3n) is 3.95. The van der Waals surface area contributed by atoms with Crippen molar-refractivity contribution in [1.82, 2.24) is 10.6 Å². The lowest BCUT2D eigenvalue weighted by Gasteiger charge is -2.38. The Morgan fingerprint density at radius 1 is 1.35 bits per heavy atom. The molecule has 0 saturated heterocycles. The van der Waals surface area contributed by atoms with Crippen LogP contribution in [-0.4, -0.2) is 30.3 Å². The fourth-order valence-electron chi connectivity index (χ4n) is 2.83. The average molecular weight is 322 g/mol. The second kappa shape index (κ2) is 7.30. The molecular weight excluding hydrogens is 295 g/mol. The van der Waals surface area contributed by atoms with E-state index in [9.17, 15) is 9.18 Å². The van der Waals surface area contributed by atoms with Crippen LogP contribution in [0, 0.1) is 5.82 Å². The summed E-state index contributed by atoms with van der Waals surface area (Å²) >= 11 is 0. The summed E-state index contributed by atoms with van der Waals surface area (Å²) in [6.07, 6.45) is 1.46. The van der Waals surface area contributed by atoms with Crippen molar-refractivity contribution < 1.29 is 13.9 Å². The van der Waals surface area contributed by atoms with Crippen molar-refractivity contribution in [2.75, 3.05) is 6.54 Å². The molecule has 128 valence electrons. The summed E-state index contributed by atoms with van der Waals surface area (Å²) in [5, 5.41) is 6.22. The van der Waals surface area contributed by atoms with Gasteiger partial charge in [0, 0.05) is 18.6 Å². The van der Waals surface area contributed by atoms with E-state index in [0.717, 1.165) is 18.4 Å². The molecule has 1 aromatic carbocycles. The van der Waals surface area contributed by atoms with E-state index in [0.29, 0.717) is 18.5 Å². The zero-order valence-electron chi connectivity index (χ0n) is 14.4. The molecule has 1 atom stereocenters. The largest absolute Gasteiger partial charge is 0.444 e. The summed E-state index contributed by atoms with van der Waals surface area (Å²) in [5.41, 5.74) is 0.326. The van der Waals surface area contributed by atoms with Crippen molar-refractivity contribution in [3.63, 3.8) is 0 Å². The number of halogens is 1. The molecule has 5 heteroatoms. The van der Waals surface area contributed by atoms with Crippen LogP contribution in [0.15, 0.2) is 24.3 Å². The maximum absolute atomic E-state index is 13.7. The van der Waals surface area contributed by atoms with Gasteiger partial charge in [0.25, 0.3) is 0 Å². The second-order valence-electron chi connectivity index (χ2n) is 7.34. The molecule has 0 radical (unpaired) electrons. The van der Waals surface area contributed by atoms with E-state index >= 15 is 0 Å². The van der Waals surface area contributed by atoms with Crippen LogP contribution in [-0.2, 0) is 4.74 Å². The van der Waals surface area contributed by atoms with Crippen LogP contribution < -0.4 is 10.6 Å². The Hall–Kier alpha value is -1.62. The Balaban J connectivity index is 1.67. The lowest BCUT2D eigenvalue weighted by molar-refractivity contribution is 0.0521. The van der Waals surface area contributed by atoms with Crippen LogP contribution in [0.4, 0.5) is 9.18 Å². The van der Waals surface area contributed by atoms with Crippen LogP contribution in [0.25, 0.3) is 0 Å². The monoisotopic (exact) mass is 322 g/mol. The van der Waals surface area contributed by atoms with Crippen LogP contribution in [0.3, 0.4) is 0 Å². The van der Waals surface area contributed by atoms with Gasteiger partial charge in [0.15, 0.2) is 0 Å². The lowest BCUT2D eigenvalue weighted by Crippen LogP contribution is -2.49. The van der Waals surface area contributed by atoms with Crippen molar-refractivity contribution in [1.29, 1.82) is 0 Å². The minimum Gasteiger partial charge on any atom is -0.444 e. The van der Waals surface area contributed by atoms with E-state index in [4.69, 9.17) is 4.74 Å². The third-order valence-corrected chi connectivity index (χ3v) is 3.95. The average Bonchev–Trinajstić information content (AvgIpc) is 2.39. The molecule has 2 N–H and O–H groups in total. The summed E-state index contributed by atoms with van der Waals surface area (Å²) in [5.74, 6) is 0.176. The lowest BCUT2D eigenvalue weighted by atomic mass is 9.75. The first-order valence-corrected chi connectivity index (χ1v) is 8.22. The zero-order chi connectivity index (χ0) is 17.0. The number of carbonyl (C=O) groups excluding carboxylic acids is 1. The Kier molecular flexibility index (Phi) is 5.63. The molecule has 1 saturated carbocycles. The van der Waals surface area contributed by atoms with Crippen molar-refractivity contribution in [3.05, 3.63) is 35.6 Å². The Morgan fingerprint density at radius 3 is 2.61 bits per heavy atom. The van der Waals surface area contributed by atoms with E-state index in [1.54, 1.807) is 6.07 Å². The van der Waals surface area contributed by atoms with Gasteiger partial charge in [-0.1, -0.05) is 18.2 Å². The molecular formula is C18H27FN2O2. The first kappa shape index (κ1) is 17.7. The molecule has 4 nitrogen and oxygen atoms in total. The molecule has 1 aliphatic rings. The van der Waals surface area contributed by atoms with Gasteiger partial charge in [0.2, 0.25) is 0 Å². The molecule has 23 heavy (non-hydrogen) atoms. The van der Waals surface area contributed by atoms with Crippen molar-refractivity contribution in [2.45, 2.75) is 64.1 Å². The molecule has 1 aromatic rings. The molecule has 1 aliphatic carbocycles. The maximum Gasteiger partial charge on any atom is 0.407 e. The molecule has 1 fully saturated rings. The second-order valence-corrected chi connectivity index (χ2v) is 7.34. The number of carbonyl (C=O) groups is 1. The van der Waals surface area contributed by atoms with Crippen LogP contribution in [0.2, 0.25) is 0 Å². The quantitative estimate of drug-likeness (QED) is 0.871. The molecule has 0 spiro atoms. The highest BCUT2D eigenvalue weighted by Crippen LogP contribution is 2.38. The first-order valence-electron chi connectivity index (χ1n) is 8.22. The fraction of sp³-hybridized carbons (Fsp3) is 0.611. The molecule has 1 unspecified atom stereocenters. The van der Waals surface area contributed by atoms with E-state index in [2.05, 4.69) is 10.6 Å². The minimum absolute atomic E-state index is 0.115. The number of alkyl carbamates (subject to hydrolysis) is 1. The van der Waals surface area contributed by atoms with Gasteiger partial charge in [-0.2, -0.15) is 0 Å². The first-order chi connectivity index (χ1) is 10.7. The Labute approximate surface area is 137 Å². The maximum atomic E-state index is 13.7. The highest BCUT2D eigenvalue weighted by molar-refractivity contribution is 5.67. The van der Waals surface area contributed by atoms with Gasteiger partial charge < -0.3 is 15.4 Å². The van der Waals surface area contributed by atoms with Crippen molar-refractivity contribution in [2.24, 2.45) is 0 Å². The van der Waals surface area contributed by atoms with Crippen LogP contribution >= 0.6 is 0 Å². The van der Waals surface area contributed by atoms with Gasteiger partial charge in [-0.05, 0) is 58.1 Å². The molecule has 0 aliphatic heterocycles. The summed E-state index contributed by atoms with van der Waals surface area (Å²) in [7, 11) is 0. The Morgan fingerprint density at radius 2 is 2.00 bits per heavy atom. The normalized spacial score (nSPS) is 22.1. The highest BCUT2D eigenvalue weighted by atomic mass is 19.1. The standard InChI is InChI=1S/C18H27FN2O2/c1-12(11-20-17(22)23-18(2,3)4)21-14-9-13(10-14)15-7-5-6-8-16(15)19/h5-8,12-14,21H,9-11H2,1-4H3,(H,20,22). The van der Waals surface area contributed by atoms with Gasteiger partial charge in [0.05, 0.1) is 0 Å². The van der Waals surface area contributed by atoms with Gasteiger partial charge in [-0.25, -0.2) is 9.18 Å². The number of hydrogen-bond acceptors (Lipinski definition) is 3. The predicted octanol–water partition coefficient (Wildman–Crippen LogP) is 3.57. The molecule has 0 bridgehead atoms. The number of amides is 1. The molecule has 0 heterocycles. The van der Waals surface area contributed by atoms with Crippen molar-refractivity contribution in [3.8, 4) is 0 Å². The molecule has 2 rings (SSSR count). The van der Waals surface area contributed by atoms with Crippen LogP contribution in [0.1, 0.15) is 52.0 Å². The van der Waals surface area contributed by atoms with Crippen molar-refractivity contribution >= 4 is 6.09 Å². The summed E-state index contributed by atoms with van der Waals surface area (Å²) in [6.45, 7) is 8.05. The number of rotatable bonds is 5. The predicted molar refractivity (Wildman–Crippen MR) is 89.0 cm³/mol. The molecule has 1 amide bonds. The summed E-state index contributed by atoms with van der Waals surface area (Å²) in [4.78, 5) is 11.6.